The van der Waals surface area contributed by atoms with Crippen molar-refractivity contribution in [1.82, 2.24) is 9.88 Å². The summed E-state index contributed by atoms with van der Waals surface area (Å²) in [5, 5.41) is 0.877. The number of hydrogen-bond acceptors (Lipinski definition) is 4. The molecule has 1 aromatic heterocycles. The molecule has 1 aliphatic heterocycles. The molecule has 25 heavy (non-hydrogen) atoms. The average molecular weight is 344 g/mol. The molecule has 0 aliphatic carbocycles. The van der Waals surface area contributed by atoms with E-state index in [4.69, 9.17) is 9.47 Å². The first-order valence-electron chi connectivity index (χ1n) is 8.61. The molecule has 1 unspecified atom stereocenters. The number of H-pyrrole nitrogens is 1. The Balaban J connectivity index is 1.92. The van der Waals surface area contributed by atoms with Crippen LogP contribution >= 0.6 is 0 Å². The number of aromatic nitrogens is 1. The summed E-state index contributed by atoms with van der Waals surface area (Å²) in [5.74, 6) is 0.680. The van der Waals surface area contributed by atoms with Crippen LogP contribution in [0.5, 0.6) is 5.75 Å². The van der Waals surface area contributed by atoms with Gasteiger partial charge in [-0.05, 0) is 51.0 Å². The fourth-order valence-electron chi connectivity index (χ4n) is 3.13. The Bertz CT molecular complexity index is 822. The lowest BCUT2D eigenvalue weighted by Gasteiger charge is -2.29. The van der Waals surface area contributed by atoms with E-state index in [1.54, 1.807) is 18.1 Å². The van der Waals surface area contributed by atoms with Crippen LogP contribution in [-0.2, 0) is 16.1 Å². The summed E-state index contributed by atoms with van der Waals surface area (Å²) in [7, 11) is 1.61. The van der Waals surface area contributed by atoms with Gasteiger partial charge in [0.2, 0.25) is 0 Å². The average Bonchev–Trinajstić information content (AvgIpc) is 3.13. The van der Waals surface area contributed by atoms with E-state index in [2.05, 4.69) is 4.98 Å². The van der Waals surface area contributed by atoms with Gasteiger partial charge in [-0.2, -0.15) is 0 Å². The molecule has 2 heterocycles. The van der Waals surface area contributed by atoms with Gasteiger partial charge < -0.3 is 19.4 Å². The number of aromatic amines is 1. The maximum atomic E-state index is 12.7. The number of rotatable bonds is 5. The van der Waals surface area contributed by atoms with E-state index in [9.17, 15) is 9.59 Å². The molecule has 1 amide bonds. The Morgan fingerprint density at radius 3 is 2.84 bits per heavy atom. The van der Waals surface area contributed by atoms with Crippen molar-refractivity contribution in [2.75, 3.05) is 13.7 Å². The molecule has 1 N–H and O–H groups in total. The van der Waals surface area contributed by atoms with Crippen LogP contribution in [0.15, 0.2) is 29.1 Å². The van der Waals surface area contributed by atoms with Gasteiger partial charge in [-0.1, -0.05) is 0 Å². The van der Waals surface area contributed by atoms with Gasteiger partial charge in [-0.15, -0.1) is 0 Å². The number of carbonyl (C=O) groups is 1. The van der Waals surface area contributed by atoms with Crippen LogP contribution in [-0.4, -0.2) is 41.7 Å². The minimum atomic E-state index is -0.387. The van der Waals surface area contributed by atoms with Crippen molar-refractivity contribution in [3.8, 4) is 5.75 Å². The highest BCUT2D eigenvalue weighted by Crippen LogP contribution is 2.21. The van der Waals surface area contributed by atoms with Crippen LogP contribution < -0.4 is 10.3 Å². The first-order chi connectivity index (χ1) is 12.0. The molecule has 6 heteroatoms. The predicted octanol–water partition coefficient (Wildman–Crippen LogP) is 2.45. The Hall–Kier alpha value is -2.34. The van der Waals surface area contributed by atoms with Crippen LogP contribution in [0.25, 0.3) is 10.9 Å². The van der Waals surface area contributed by atoms with Gasteiger partial charge in [-0.3, -0.25) is 9.59 Å². The quantitative estimate of drug-likeness (QED) is 0.904. The molecule has 1 atom stereocenters. The maximum Gasteiger partial charge on any atom is 0.253 e. The second kappa shape index (κ2) is 7.27. The Kier molecular flexibility index (Phi) is 5.08. The van der Waals surface area contributed by atoms with Gasteiger partial charge in [0.1, 0.15) is 11.9 Å². The summed E-state index contributed by atoms with van der Waals surface area (Å²) < 4.78 is 10.8. The zero-order valence-corrected chi connectivity index (χ0v) is 14.9. The van der Waals surface area contributed by atoms with E-state index in [0.29, 0.717) is 12.2 Å². The number of nitrogens with one attached hydrogen (secondary N) is 1. The lowest BCUT2D eigenvalue weighted by molar-refractivity contribution is -0.143. The molecule has 3 rings (SSSR count). The second-order valence-corrected chi connectivity index (χ2v) is 6.64. The number of amides is 1. The molecule has 0 radical (unpaired) electrons. The summed E-state index contributed by atoms with van der Waals surface area (Å²) in [5.41, 5.74) is 1.13. The zero-order chi connectivity index (χ0) is 18.0. The van der Waals surface area contributed by atoms with Crippen LogP contribution in [0.4, 0.5) is 0 Å². The van der Waals surface area contributed by atoms with Crippen molar-refractivity contribution >= 4 is 16.8 Å². The highest BCUT2D eigenvalue weighted by Gasteiger charge is 2.30. The summed E-state index contributed by atoms with van der Waals surface area (Å²) in [4.78, 5) is 29.8. The van der Waals surface area contributed by atoms with Gasteiger partial charge in [0.25, 0.3) is 11.5 Å². The van der Waals surface area contributed by atoms with Gasteiger partial charge in [0, 0.05) is 29.1 Å². The van der Waals surface area contributed by atoms with E-state index in [1.807, 2.05) is 32.0 Å². The number of benzene rings is 1. The largest absolute Gasteiger partial charge is 0.497 e. The third-order valence-corrected chi connectivity index (χ3v) is 4.58. The maximum absolute atomic E-state index is 12.7. The molecule has 0 spiro atoms. The summed E-state index contributed by atoms with van der Waals surface area (Å²) >= 11 is 0. The number of pyridine rings is 1. The van der Waals surface area contributed by atoms with Crippen molar-refractivity contribution in [2.24, 2.45) is 0 Å². The molecular formula is C19H24N2O4. The molecule has 0 bridgehead atoms. The minimum absolute atomic E-state index is 0.0166. The topological polar surface area (TPSA) is 71.6 Å². The Morgan fingerprint density at radius 1 is 1.40 bits per heavy atom. The molecule has 1 aliphatic rings. The van der Waals surface area contributed by atoms with Gasteiger partial charge in [0.05, 0.1) is 13.7 Å². The molecular weight excluding hydrogens is 320 g/mol. The lowest BCUT2D eigenvalue weighted by atomic mass is 10.1. The molecule has 134 valence electrons. The van der Waals surface area contributed by atoms with Crippen molar-refractivity contribution in [2.45, 2.75) is 45.4 Å². The first kappa shape index (κ1) is 17.5. The summed E-state index contributed by atoms with van der Waals surface area (Å²) in [6, 6.07) is 7.30. The normalized spacial score (nSPS) is 17.2. The Labute approximate surface area is 146 Å². The van der Waals surface area contributed by atoms with E-state index >= 15 is 0 Å². The fraction of sp³-hybridized carbons (Fsp3) is 0.474. The van der Waals surface area contributed by atoms with E-state index < -0.39 is 0 Å². The third-order valence-electron chi connectivity index (χ3n) is 4.58. The SMILES string of the molecule is COc1ccc2[nH]c(=O)c(CN(C(=O)C3CCCO3)C(C)C)cc2c1. The number of fused-ring (bicyclic) bond motifs is 1. The molecule has 2 aromatic rings. The minimum Gasteiger partial charge on any atom is -0.497 e. The number of ether oxygens (including phenoxy) is 2. The summed E-state index contributed by atoms with van der Waals surface area (Å²) in [6.07, 6.45) is 1.26. The smallest absolute Gasteiger partial charge is 0.253 e. The monoisotopic (exact) mass is 344 g/mol. The molecule has 1 aromatic carbocycles. The van der Waals surface area contributed by atoms with E-state index in [-0.39, 0.29) is 30.2 Å². The molecule has 1 fully saturated rings. The number of hydrogen-bond donors (Lipinski definition) is 1. The summed E-state index contributed by atoms with van der Waals surface area (Å²) in [6.45, 7) is 4.79. The molecule has 6 nitrogen and oxygen atoms in total. The van der Waals surface area contributed by atoms with Gasteiger partial charge in [-0.25, -0.2) is 0 Å². The lowest BCUT2D eigenvalue weighted by Crippen LogP contribution is -2.43. The van der Waals surface area contributed by atoms with Gasteiger partial charge >= 0.3 is 0 Å². The standard InChI is InChI=1S/C19H24N2O4/c1-12(2)21(19(23)17-5-4-8-25-17)11-14-9-13-10-15(24-3)6-7-16(13)20-18(14)22/h6-7,9-10,12,17H,4-5,8,11H2,1-3H3,(H,20,22). The number of nitrogens with zero attached hydrogens (tertiary/aromatic N) is 1. The fourth-order valence-corrected chi connectivity index (χ4v) is 3.13. The van der Waals surface area contributed by atoms with Crippen molar-refractivity contribution in [3.05, 3.63) is 40.2 Å². The van der Waals surface area contributed by atoms with Crippen LogP contribution in [0.3, 0.4) is 0 Å². The first-order valence-corrected chi connectivity index (χ1v) is 8.61. The van der Waals surface area contributed by atoms with Gasteiger partial charge in [0.15, 0.2) is 0 Å². The highest BCUT2D eigenvalue weighted by atomic mass is 16.5. The Morgan fingerprint density at radius 2 is 2.20 bits per heavy atom. The van der Waals surface area contributed by atoms with Crippen molar-refractivity contribution in [3.63, 3.8) is 0 Å². The van der Waals surface area contributed by atoms with Crippen LogP contribution in [0.1, 0.15) is 32.3 Å². The molecule has 0 saturated carbocycles. The van der Waals surface area contributed by atoms with Crippen molar-refractivity contribution in [1.29, 1.82) is 0 Å². The zero-order valence-electron chi connectivity index (χ0n) is 14.9. The second-order valence-electron chi connectivity index (χ2n) is 6.64. The van der Waals surface area contributed by atoms with E-state index in [0.717, 1.165) is 29.5 Å². The molecule has 1 saturated heterocycles. The van der Waals surface area contributed by atoms with Crippen LogP contribution in [0, 0.1) is 0 Å². The highest BCUT2D eigenvalue weighted by molar-refractivity contribution is 5.82. The number of carbonyl (C=O) groups excluding carboxylic acids is 1. The van der Waals surface area contributed by atoms with E-state index in [1.165, 1.54) is 0 Å². The van der Waals surface area contributed by atoms with Crippen molar-refractivity contribution < 1.29 is 14.3 Å². The number of methoxy groups -OCH3 is 1. The third kappa shape index (κ3) is 3.69. The predicted molar refractivity (Wildman–Crippen MR) is 95.8 cm³/mol. The van der Waals surface area contributed by atoms with Crippen LogP contribution in [0.2, 0.25) is 0 Å².